The highest BCUT2D eigenvalue weighted by atomic mass is 19.1. The molecule has 210 valence electrons. The Morgan fingerprint density at radius 1 is 0.974 bits per heavy atom. The number of nitrogens with zero attached hydrogens (tertiary/aromatic N) is 1. The van der Waals surface area contributed by atoms with E-state index < -0.39 is 29.8 Å². The number of carbonyl (C=O) groups is 2. The van der Waals surface area contributed by atoms with Gasteiger partial charge < -0.3 is 29.0 Å². The van der Waals surface area contributed by atoms with Crippen LogP contribution in [0.15, 0.2) is 42.5 Å². The first-order valence-corrected chi connectivity index (χ1v) is 12.8. The van der Waals surface area contributed by atoms with E-state index in [4.69, 9.17) is 18.9 Å². The molecule has 0 aliphatic carbocycles. The van der Waals surface area contributed by atoms with Crippen molar-refractivity contribution >= 4 is 12.1 Å². The average molecular weight is 538 g/mol. The first-order chi connectivity index (χ1) is 18.3. The zero-order valence-corrected chi connectivity index (χ0v) is 22.0. The Balaban J connectivity index is 1.89. The molecule has 0 fully saturated rings. The van der Waals surface area contributed by atoms with Gasteiger partial charge in [0.15, 0.2) is 6.10 Å². The second kappa shape index (κ2) is 17.3. The van der Waals surface area contributed by atoms with Crippen LogP contribution in [0.1, 0.15) is 44.2 Å². The van der Waals surface area contributed by atoms with Crippen molar-refractivity contribution in [2.75, 3.05) is 39.5 Å². The van der Waals surface area contributed by atoms with Crippen LogP contribution in [-0.2, 0) is 32.0 Å². The van der Waals surface area contributed by atoms with Gasteiger partial charge in [-0.1, -0.05) is 31.9 Å². The molecule has 8 nitrogen and oxygen atoms in total. The summed E-state index contributed by atoms with van der Waals surface area (Å²) in [6, 6.07) is 10.0. The lowest BCUT2D eigenvalue weighted by Crippen LogP contribution is -2.37. The van der Waals surface area contributed by atoms with Gasteiger partial charge in [0.2, 0.25) is 0 Å². The van der Waals surface area contributed by atoms with Gasteiger partial charge in [0, 0.05) is 37.8 Å². The van der Waals surface area contributed by atoms with E-state index >= 15 is 0 Å². The Hall–Kier alpha value is -3.24. The molecule has 0 spiro atoms. The number of aliphatic carboxylic acids is 1. The Morgan fingerprint density at radius 2 is 1.71 bits per heavy atom. The first-order valence-electron chi connectivity index (χ1n) is 12.8. The summed E-state index contributed by atoms with van der Waals surface area (Å²) in [7, 11) is 0. The molecule has 2 aromatic rings. The van der Waals surface area contributed by atoms with Crippen LogP contribution in [0.2, 0.25) is 0 Å². The smallest absolute Gasteiger partial charge is 0.410 e. The number of rotatable bonds is 18. The molecule has 0 saturated heterocycles. The average Bonchev–Trinajstić information content (AvgIpc) is 2.89. The van der Waals surface area contributed by atoms with Crippen molar-refractivity contribution in [2.45, 2.75) is 52.2 Å². The molecule has 0 bridgehead atoms. The third-order valence-electron chi connectivity index (χ3n) is 5.64. The number of amides is 1. The Bertz CT molecular complexity index is 988. The zero-order chi connectivity index (χ0) is 27.8. The van der Waals surface area contributed by atoms with Crippen molar-refractivity contribution < 1.29 is 42.4 Å². The highest BCUT2D eigenvalue weighted by molar-refractivity contribution is 5.72. The number of unbranched alkanes of at least 4 members (excludes halogenated alkanes) is 2. The topological polar surface area (TPSA) is 94.5 Å². The van der Waals surface area contributed by atoms with Crippen LogP contribution in [0.3, 0.4) is 0 Å². The SMILES string of the molecule is CCCCCOCCN(CCOc1ccc(CC(OCC)C(=O)O)cc1)C(=O)OCc1ccc(F)cc1F. The fraction of sp³-hybridized carbons (Fsp3) is 0.500. The van der Waals surface area contributed by atoms with E-state index in [0.29, 0.717) is 25.6 Å². The van der Waals surface area contributed by atoms with E-state index in [-0.39, 0.29) is 38.3 Å². The molecule has 0 aliphatic heterocycles. The van der Waals surface area contributed by atoms with E-state index in [2.05, 4.69) is 6.92 Å². The molecule has 38 heavy (non-hydrogen) atoms. The van der Waals surface area contributed by atoms with Gasteiger partial charge >= 0.3 is 12.1 Å². The summed E-state index contributed by atoms with van der Waals surface area (Å²) in [5, 5.41) is 9.24. The normalized spacial score (nSPS) is 11.7. The van der Waals surface area contributed by atoms with E-state index in [1.54, 1.807) is 31.2 Å². The minimum Gasteiger partial charge on any atom is -0.492 e. The number of carbonyl (C=O) groups excluding carboxylic acids is 1. The molecular formula is C28H37F2NO7. The maximum atomic E-state index is 13.9. The third kappa shape index (κ3) is 11.4. The lowest BCUT2D eigenvalue weighted by atomic mass is 10.1. The molecule has 2 aromatic carbocycles. The second-order valence-electron chi connectivity index (χ2n) is 8.58. The van der Waals surface area contributed by atoms with Gasteiger partial charge in [-0.25, -0.2) is 18.4 Å². The number of hydrogen-bond donors (Lipinski definition) is 1. The molecule has 0 radical (unpaired) electrons. The maximum absolute atomic E-state index is 13.9. The molecule has 0 saturated carbocycles. The lowest BCUT2D eigenvalue weighted by Gasteiger charge is -2.22. The van der Waals surface area contributed by atoms with Crippen molar-refractivity contribution in [1.82, 2.24) is 4.90 Å². The van der Waals surface area contributed by atoms with Gasteiger partial charge in [0.05, 0.1) is 13.2 Å². The van der Waals surface area contributed by atoms with E-state index in [9.17, 15) is 23.5 Å². The number of benzene rings is 2. The monoisotopic (exact) mass is 537 g/mol. The van der Waals surface area contributed by atoms with Crippen molar-refractivity contribution in [2.24, 2.45) is 0 Å². The van der Waals surface area contributed by atoms with Crippen LogP contribution in [0.25, 0.3) is 0 Å². The molecule has 1 amide bonds. The largest absolute Gasteiger partial charge is 0.492 e. The van der Waals surface area contributed by atoms with Gasteiger partial charge in [-0.05, 0) is 43.2 Å². The van der Waals surface area contributed by atoms with Crippen molar-refractivity contribution in [1.29, 1.82) is 0 Å². The molecule has 1 unspecified atom stereocenters. The van der Waals surface area contributed by atoms with Crippen LogP contribution in [0.4, 0.5) is 13.6 Å². The Morgan fingerprint density at radius 3 is 2.37 bits per heavy atom. The lowest BCUT2D eigenvalue weighted by molar-refractivity contribution is -0.149. The number of hydrogen-bond acceptors (Lipinski definition) is 6. The van der Waals surface area contributed by atoms with Gasteiger partial charge in [-0.2, -0.15) is 0 Å². The Labute approximate surface area is 222 Å². The van der Waals surface area contributed by atoms with Crippen LogP contribution >= 0.6 is 0 Å². The van der Waals surface area contributed by atoms with Crippen molar-refractivity contribution in [3.05, 3.63) is 65.2 Å². The molecular weight excluding hydrogens is 500 g/mol. The summed E-state index contributed by atoms with van der Waals surface area (Å²) in [5.74, 6) is -1.96. The maximum Gasteiger partial charge on any atom is 0.410 e. The van der Waals surface area contributed by atoms with Crippen LogP contribution in [0, 0.1) is 11.6 Å². The molecule has 1 N–H and O–H groups in total. The summed E-state index contributed by atoms with van der Waals surface area (Å²) >= 11 is 0. The molecule has 0 heterocycles. The summed E-state index contributed by atoms with van der Waals surface area (Å²) in [6.45, 7) is 5.32. The molecule has 10 heteroatoms. The number of halogens is 2. The minimum atomic E-state index is -1.02. The van der Waals surface area contributed by atoms with Crippen LogP contribution < -0.4 is 4.74 Å². The summed E-state index contributed by atoms with van der Waals surface area (Å²) in [4.78, 5) is 25.4. The quantitative estimate of drug-likeness (QED) is 0.261. The fourth-order valence-electron chi connectivity index (χ4n) is 3.52. The molecule has 0 aliphatic rings. The predicted octanol–water partition coefficient (Wildman–Crippen LogP) is 5.22. The van der Waals surface area contributed by atoms with Gasteiger partial charge in [0.25, 0.3) is 0 Å². The molecule has 1 atom stereocenters. The van der Waals surface area contributed by atoms with E-state index in [0.717, 1.165) is 37.0 Å². The standard InChI is InChI=1S/C28H37F2NO7/c1-3-5-6-15-35-16-13-31(28(34)38-20-22-9-10-23(29)19-25(22)30)14-17-37-24-11-7-21(8-12-24)18-26(27(32)33)36-4-2/h7-12,19,26H,3-6,13-18,20H2,1-2H3,(H,32,33). The van der Waals surface area contributed by atoms with Gasteiger partial charge in [-0.3, -0.25) is 0 Å². The fourth-order valence-corrected chi connectivity index (χ4v) is 3.52. The predicted molar refractivity (Wildman–Crippen MR) is 137 cm³/mol. The first kappa shape index (κ1) is 31.0. The van der Waals surface area contributed by atoms with Crippen LogP contribution in [0.5, 0.6) is 5.75 Å². The number of ether oxygens (including phenoxy) is 4. The molecule has 2 rings (SSSR count). The summed E-state index contributed by atoms with van der Waals surface area (Å²) < 4.78 is 48.9. The van der Waals surface area contributed by atoms with Gasteiger partial charge in [0.1, 0.15) is 30.6 Å². The highest BCUT2D eigenvalue weighted by Gasteiger charge is 2.19. The third-order valence-corrected chi connectivity index (χ3v) is 5.64. The highest BCUT2D eigenvalue weighted by Crippen LogP contribution is 2.15. The number of carboxylic acids is 1. The second-order valence-corrected chi connectivity index (χ2v) is 8.58. The number of carboxylic acid groups (broad SMARTS) is 1. The van der Waals surface area contributed by atoms with Crippen LogP contribution in [-0.4, -0.2) is 67.7 Å². The van der Waals surface area contributed by atoms with Crippen molar-refractivity contribution in [3.63, 3.8) is 0 Å². The molecule has 0 aromatic heterocycles. The van der Waals surface area contributed by atoms with E-state index in [1.807, 2.05) is 0 Å². The summed E-state index contributed by atoms with van der Waals surface area (Å²) in [5.41, 5.74) is 0.859. The summed E-state index contributed by atoms with van der Waals surface area (Å²) in [6.07, 6.45) is 1.72. The minimum absolute atomic E-state index is 0.0707. The van der Waals surface area contributed by atoms with Gasteiger partial charge in [-0.15, -0.1) is 0 Å². The van der Waals surface area contributed by atoms with E-state index in [1.165, 1.54) is 11.0 Å². The Kier molecular flexibility index (Phi) is 14.1. The van der Waals surface area contributed by atoms with Crippen molar-refractivity contribution in [3.8, 4) is 5.75 Å². The zero-order valence-electron chi connectivity index (χ0n) is 22.0.